The smallest absolute Gasteiger partial charge is 0.0249 e. The predicted octanol–water partition coefficient (Wildman–Crippen LogP) is 2.17. The minimum Gasteiger partial charge on any atom is -0.312 e. The Balaban J connectivity index is 1.78. The number of hydrogen-bond acceptors (Lipinski definition) is 2. The molecule has 2 saturated heterocycles. The molecule has 0 aromatic rings. The first kappa shape index (κ1) is 11.2. The van der Waals surface area contributed by atoms with Crippen LogP contribution in [0.2, 0.25) is 0 Å². The largest absolute Gasteiger partial charge is 0.312 e. The Hall–Kier alpha value is -0.340. The molecule has 86 valence electrons. The Kier molecular flexibility index (Phi) is 4.21. The van der Waals surface area contributed by atoms with Crippen LogP contribution in [-0.4, -0.2) is 36.6 Å². The molecule has 0 bridgehead atoms. The highest BCUT2D eigenvalue weighted by molar-refractivity contribution is 4.92. The minimum absolute atomic E-state index is 0.788. The van der Waals surface area contributed by atoms with Crippen LogP contribution in [0.25, 0.3) is 0 Å². The quantitative estimate of drug-likeness (QED) is 0.550. The highest BCUT2D eigenvalue weighted by Crippen LogP contribution is 2.24. The van der Waals surface area contributed by atoms with E-state index < -0.39 is 0 Å². The Morgan fingerprint density at radius 1 is 1.33 bits per heavy atom. The van der Waals surface area contributed by atoms with E-state index in [1.807, 2.05) is 6.08 Å². The Morgan fingerprint density at radius 2 is 2.27 bits per heavy atom. The van der Waals surface area contributed by atoms with E-state index in [2.05, 4.69) is 16.8 Å². The number of allylic oxidation sites excluding steroid dienone is 1. The molecule has 2 nitrogen and oxygen atoms in total. The van der Waals surface area contributed by atoms with Crippen LogP contribution < -0.4 is 5.32 Å². The molecule has 2 fully saturated rings. The van der Waals surface area contributed by atoms with Crippen LogP contribution in [0.15, 0.2) is 12.7 Å². The SMILES string of the molecule is C=CCCCN1CCCC1C1CCCN1. The number of likely N-dealkylation sites (tertiary alicyclic amines) is 1. The Labute approximate surface area is 93.7 Å². The molecule has 2 heteroatoms. The number of nitrogens with zero attached hydrogens (tertiary/aromatic N) is 1. The van der Waals surface area contributed by atoms with E-state index >= 15 is 0 Å². The van der Waals surface area contributed by atoms with E-state index in [0.29, 0.717) is 0 Å². The van der Waals surface area contributed by atoms with Gasteiger partial charge in [-0.15, -0.1) is 6.58 Å². The molecule has 2 heterocycles. The van der Waals surface area contributed by atoms with Gasteiger partial charge < -0.3 is 5.32 Å². The van der Waals surface area contributed by atoms with E-state index in [1.54, 1.807) is 0 Å². The highest BCUT2D eigenvalue weighted by atomic mass is 15.2. The third kappa shape index (κ3) is 2.82. The average molecular weight is 208 g/mol. The predicted molar refractivity (Wildman–Crippen MR) is 65.1 cm³/mol. The van der Waals surface area contributed by atoms with Crippen molar-refractivity contribution < 1.29 is 0 Å². The molecule has 1 N–H and O–H groups in total. The van der Waals surface area contributed by atoms with Gasteiger partial charge in [-0.1, -0.05) is 6.08 Å². The van der Waals surface area contributed by atoms with Gasteiger partial charge in [0.05, 0.1) is 0 Å². The topological polar surface area (TPSA) is 15.3 Å². The lowest BCUT2D eigenvalue weighted by Crippen LogP contribution is -2.44. The molecule has 2 atom stereocenters. The van der Waals surface area contributed by atoms with E-state index in [-0.39, 0.29) is 0 Å². The number of unbranched alkanes of at least 4 members (excludes halogenated alkanes) is 1. The molecule has 2 aliphatic heterocycles. The summed E-state index contributed by atoms with van der Waals surface area (Å²) < 4.78 is 0. The van der Waals surface area contributed by atoms with Gasteiger partial charge in [0.15, 0.2) is 0 Å². The second kappa shape index (κ2) is 5.66. The van der Waals surface area contributed by atoms with Crippen LogP contribution in [0, 0.1) is 0 Å². The van der Waals surface area contributed by atoms with Crippen LogP contribution in [0.3, 0.4) is 0 Å². The fourth-order valence-corrected chi connectivity index (χ4v) is 3.06. The first-order valence-corrected chi connectivity index (χ1v) is 6.50. The third-order valence-corrected chi connectivity index (χ3v) is 3.83. The van der Waals surface area contributed by atoms with Crippen molar-refractivity contribution in [1.82, 2.24) is 10.2 Å². The summed E-state index contributed by atoms with van der Waals surface area (Å²) in [6.07, 6.45) is 10.1. The van der Waals surface area contributed by atoms with E-state index in [0.717, 1.165) is 12.1 Å². The zero-order chi connectivity index (χ0) is 10.5. The summed E-state index contributed by atoms with van der Waals surface area (Å²) in [7, 11) is 0. The van der Waals surface area contributed by atoms with Gasteiger partial charge in [0.25, 0.3) is 0 Å². The maximum absolute atomic E-state index is 3.79. The van der Waals surface area contributed by atoms with E-state index in [9.17, 15) is 0 Å². The van der Waals surface area contributed by atoms with Crippen LogP contribution >= 0.6 is 0 Å². The molecule has 0 aromatic heterocycles. The molecule has 0 spiro atoms. The van der Waals surface area contributed by atoms with Gasteiger partial charge in [0.1, 0.15) is 0 Å². The maximum Gasteiger partial charge on any atom is 0.0249 e. The molecule has 0 radical (unpaired) electrons. The van der Waals surface area contributed by atoms with Crippen LogP contribution in [0.1, 0.15) is 38.5 Å². The average Bonchev–Trinajstić information content (AvgIpc) is 2.87. The Morgan fingerprint density at radius 3 is 3.00 bits per heavy atom. The molecule has 2 unspecified atom stereocenters. The molecule has 0 aliphatic carbocycles. The lowest BCUT2D eigenvalue weighted by Gasteiger charge is -2.29. The lowest BCUT2D eigenvalue weighted by molar-refractivity contribution is 0.212. The van der Waals surface area contributed by atoms with E-state index in [1.165, 1.54) is 58.2 Å². The monoisotopic (exact) mass is 208 g/mol. The highest BCUT2D eigenvalue weighted by Gasteiger charge is 2.32. The second-order valence-electron chi connectivity index (χ2n) is 4.88. The fourth-order valence-electron chi connectivity index (χ4n) is 3.06. The van der Waals surface area contributed by atoms with Gasteiger partial charge in [0, 0.05) is 12.1 Å². The Bertz CT molecular complexity index is 197. The molecule has 0 saturated carbocycles. The summed E-state index contributed by atoms with van der Waals surface area (Å²) in [6.45, 7) is 7.62. The van der Waals surface area contributed by atoms with Gasteiger partial charge in [-0.25, -0.2) is 0 Å². The van der Waals surface area contributed by atoms with Gasteiger partial charge in [-0.05, 0) is 58.2 Å². The summed E-state index contributed by atoms with van der Waals surface area (Å²) in [5, 5.41) is 3.66. The summed E-state index contributed by atoms with van der Waals surface area (Å²) >= 11 is 0. The molecule has 0 aromatic carbocycles. The maximum atomic E-state index is 3.79. The fraction of sp³-hybridized carbons (Fsp3) is 0.846. The van der Waals surface area contributed by atoms with Gasteiger partial charge in [-0.3, -0.25) is 4.90 Å². The zero-order valence-corrected chi connectivity index (χ0v) is 9.75. The molecule has 2 aliphatic rings. The van der Waals surface area contributed by atoms with Gasteiger partial charge >= 0.3 is 0 Å². The van der Waals surface area contributed by atoms with Crippen molar-refractivity contribution in [2.45, 2.75) is 50.6 Å². The number of hydrogen-bond donors (Lipinski definition) is 1. The van der Waals surface area contributed by atoms with Crippen molar-refractivity contribution in [1.29, 1.82) is 0 Å². The van der Waals surface area contributed by atoms with Crippen molar-refractivity contribution in [3.05, 3.63) is 12.7 Å². The standard InChI is InChI=1S/C13H24N2/c1-2-3-4-10-15-11-6-8-13(15)12-7-5-9-14-12/h2,12-14H,1,3-11H2. The van der Waals surface area contributed by atoms with Crippen LogP contribution in [0.4, 0.5) is 0 Å². The summed E-state index contributed by atoms with van der Waals surface area (Å²) in [5.74, 6) is 0. The molecular weight excluding hydrogens is 184 g/mol. The van der Waals surface area contributed by atoms with E-state index in [4.69, 9.17) is 0 Å². The van der Waals surface area contributed by atoms with Crippen molar-refractivity contribution in [3.8, 4) is 0 Å². The lowest BCUT2D eigenvalue weighted by atomic mass is 10.0. The molecule has 15 heavy (non-hydrogen) atoms. The van der Waals surface area contributed by atoms with Crippen LogP contribution in [-0.2, 0) is 0 Å². The van der Waals surface area contributed by atoms with Gasteiger partial charge in [-0.2, -0.15) is 0 Å². The van der Waals surface area contributed by atoms with Crippen molar-refractivity contribution >= 4 is 0 Å². The minimum atomic E-state index is 0.788. The normalized spacial score (nSPS) is 32.3. The molecular formula is C13H24N2. The van der Waals surface area contributed by atoms with Crippen molar-refractivity contribution in [3.63, 3.8) is 0 Å². The van der Waals surface area contributed by atoms with Gasteiger partial charge in [0.2, 0.25) is 0 Å². The first-order chi connectivity index (χ1) is 7.42. The van der Waals surface area contributed by atoms with Crippen molar-refractivity contribution in [2.24, 2.45) is 0 Å². The van der Waals surface area contributed by atoms with Crippen LogP contribution in [0.5, 0.6) is 0 Å². The molecule has 2 rings (SSSR count). The first-order valence-electron chi connectivity index (χ1n) is 6.50. The third-order valence-electron chi connectivity index (χ3n) is 3.83. The zero-order valence-electron chi connectivity index (χ0n) is 9.75. The molecule has 0 amide bonds. The summed E-state index contributed by atoms with van der Waals surface area (Å²) in [6, 6.07) is 1.62. The number of rotatable bonds is 5. The number of nitrogens with one attached hydrogen (secondary N) is 1. The second-order valence-corrected chi connectivity index (χ2v) is 4.88. The summed E-state index contributed by atoms with van der Waals surface area (Å²) in [4.78, 5) is 2.70. The van der Waals surface area contributed by atoms with Crippen molar-refractivity contribution in [2.75, 3.05) is 19.6 Å². The summed E-state index contributed by atoms with van der Waals surface area (Å²) in [5.41, 5.74) is 0.